The molecular formula is C17H12F5N5O3S. The molecule has 0 spiro atoms. The number of anilines is 1. The van der Waals surface area contributed by atoms with E-state index < -0.39 is 24.6 Å². The van der Waals surface area contributed by atoms with Gasteiger partial charge in [-0.1, -0.05) is 11.8 Å². The quantitative estimate of drug-likeness (QED) is 0.402. The molecule has 0 saturated heterocycles. The van der Waals surface area contributed by atoms with Crippen LogP contribution in [0.25, 0.3) is 5.69 Å². The maximum atomic E-state index is 12.2. The van der Waals surface area contributed by atoms with Crippen molar-refractivity contribution in [2.75, 3.05) is 11.1 Å². The molecule has 164 valence electrons. The first-order chi connectivity index (χ1) is 14.7. The van der Waals surface area contributed by atoms with Crippen LogP contribution in [0, 0.1) is 0 Å². The van der Waals surface area contributed by atoms with Crippen molar-refractivity contribution in [2.45, 2.75) is 18.1 Å². The number of carbonyl (C=O) groups excluding carboxylic acids is 1. The maximum Gasteiger partial charge on any atom is 0.573 e. The van der Waals surface area contributed by atoms with E-state index in [1.165, 1.54) is 41.1 Å². The van der Waals surface area contributed by atoms with Crippen molar-refractivity contribution < 1.29 is 36.2 Å². The smallest absolute Gasteiger partial charge is 0.435 e. The molecule has 14 heteroatoms. The number of tetrazole rings is 1. The van der Waals surface area contributed by atoms with Crippen molar-refractivity contribution in [3.8, 4) is 17.2 Å². The van der Waals surface area contributed by atoms with Crippen LogP contribution in [0.15, 0.2) is 53.7 Å². The van der Waals surface area contributed by atoms with Crippen molar-refractivity contribution in [1.82, 2.24) is 20.2 Å². The zero-order valence-corrected chi connectivity index (χ0v) is 16.0. The number of halogens is 5. The highest BCUT2D eigenvalue weighted by atomic mass is 32.2. The summed E-state index contributed by atoms with van der Waals surface area (Å²) in [5.74, 6) is -0.961. The molecule has 0 aliphatic heterocycles. The second-order valence-electron chi connectivity index (χ2n) is 5.65. The number of thioether (sulfide) groups is 1. The van der Waals surface area contributed by atoms with E-state index in [2.05, 4.69) is 30.3 Å². The van der Waals surface area contributed by atoms with Gasteiger partial charge in [0.25, 0.3) is 0 Å². The first kappa shape index (κ1) is 22.3. The third kappa shape index (κ3) is 6.80. The van der Waals surface area contributed by atoms with Crippen molar-refractivity contribution in [2.24, 2.45) is 0 Å². The van der Waals surface area contributed by atoms with Crippen molar-refractivity contribution in [1.29, 1.82) is 0 Å². The Kier molecular flexibility index (Phi) is 6.89. The van der Waals surface area contributed by atoms with E-state index in [1.54, 1.807) is 0 Å². The van der Waals surface area contributed by atoms with Crippen LogP contribution >= 0.6 is 11.8 Å². The first-order valence-electron chi connectivity index (χ1n) is 8.32. The van der Waals surface area contributed by atoms with E-state index in [4.69, 9.17) is 0 Å². The van der Waals surface area contributed by atoms with Crippen LogP contribution in [-0.4, -0.2) is 44.8 Å². The van der Waals surface area contributed by atoms with Crippen LogP contribution in [0.3, 0.4) is 0 Å². The molecule has 0 atom stereocenters. The minimum Gasteiger partial charge on any atom is -0.435 e. The summed E-state index contributed by atoms with van der Waals surface area (Å²) in [5, 5.41) is 13.8. The fourth-order valence-corrected chi connectivity index (χ4v) is 2.96. The lowest BCUT2D eigenvalue weighted by molar-refractivity contribution is -0.274. The molecule has 0 unspecified atom stereocenters. The van der Waals surface area contributed by atoms with Gasteiger partial charge < -0.3 is 14.8 Å². The number of nitrogens with zero attached hydrogens (tertiary/aromatic N) is 4. The van der Waals surface area contributed by atoms with Gasteiger partial charge in [-0.2, -0.15) is 13.5 Å². The number of ether oxygens (including phenoxy) is 2. The van der Waals surface area contributed by atoms with Gasteiger partial charge in [-0.3, -0.25) is 4.79 Å². The van der Waals surface area contributed by atoms with E-state index in [0.717, 1.165) is 23.9 Å². The second kappa shape index (κ2) is 9.59. The standard InChI is InChI=1S/C17H12F5N5O3S/c18-15(19)29-12-5-1-10(2-6-12)23-14(28)9-31-16-24-25-26-27(16)11-3-7-13(8-4-11)30-17(20,21)22/h1-8,15H,9H2,(H,23,28). The molecular weight excluding hydrogens is 449 g/mol. The van der Waals surface area contributed by atoms with Crippen LogP contribution in [-0.2, 0) is 4.79 Å². The van der Waals surface area contributed by atoms with E-state index >= 15 is 0 Å². The highest BCUT2D eigenvalue weighted by Gasteiger charge is 2.31. The molecule has 2 aromatic carbocycles. The Balaban J connectivity index is 1.57. The summed E-state index contributed by atoms with van der Waals surface area (Å²) in [6.45, 7) is -2.95. The summed E-state index contributed by atoms with van der Waals surface area (Å²) in [4.78, 5) is 12.1. The van der Waals surface area contributed by atoms with Crippen LogP contribution in [0.1, 0.15) is 0 Å². The van der Waals surface area contributed by atoms with E-state index in [9.17, 15) is 26.7 Å². The Morgan fingerprint density at radius 2 is 1.71 bits per heavy atom. The van der Waals surface area contributed by atoms with Crippen LogP contribution < -0.4 is 14.8 Å². The summed E-state index contributed by atoms with van der Waals surface area (Å²) in [6, 6.07) is 10.2. The fourth-order valence-electron chi connectivity index (χ4n) is 2.27. The summed E-state index contributed by atoms with van der Waals surface area (Å²) in [7, 11) is 0. The van der Waals surface area contributed by atoms with Gasteiger partial charge in [-0.05, 0) is 59.0 Å². The minimum absolute atomic E-state index is 0.0480. The number of benzene rings is 2. The number of amides is 1. The Bertz CT molecular complexity index is 1010. The number of alkyl halides is 5. The van der Waals surface area contributed by atoms with E-state index in [0.29, 0.717) is 11.4 Å². The predicted molar refractivity (Wildman–Crippen MR) is 98.3 cm³/mol. The third-order valence-corrected chi connectivity index (χ3v) is 4.37. The van der Waals surface area contributed by atoms with Crippen LogP contribution in [0.5, 0.6) is 11.5 Å². The molecule has 3 aromatic rings. The number of carbonyl (C=O) groups is 1. The average molecular weight is 461 g/mol. The molecule has 0 bridgehead atoms. The molecule has 1 amide bonds. The zero-order valence-electron chi connectivity index (χ0n) is 15.2. The monoisotopic (exact) mass is 461 g/mol. The average Bonchev–Trinajstić information content (AvgIpc) is 3.15. The largest absolute Gasteiger partial charge is 0.573 e. The molecule has 0 radical (unpaired) electrons. The normalized spacial score (nSPS) is 11.4. The minimum atomic E-state index is -4.80. The van der Waals surface area contributed by atoms with E-state index in [-0.39, 0.29) is 16.7 Å². The summed E-state index contributed by atoms with van der Waals surface area (Å²) in [6.07, 6.45) is -4.80. The number of aromatic nitrogens is 4. The van der Waals surface area contributed by atoms with Gasteiger partial charge in [-0.15, -0.1) is 18.3 Å². The molecule has 3 rings (SSSR count). The van der Waals surface area contributed by atoms with Gasteiger partial charge in [-0.25, -0.2) is 0 Å². The van der Waals surface area contributed by atoms with E-state index in [1.807, 2.05) is 0 Å². The number of nitrogens with one attached hydrogen (secondary N) is 1. The first-order valence-corrected chi connectivity index (χ1v) is 9.30. The lowest BCUT2D eigenvalue weighted by Crippen LogP contribution is -2.17. The van der Waals surface area contributed by atoms with Gasteiger partial charge in [0.15, 0.2) is 0 Å². The van der Waals surface area contributed by atoms with Gasteiger partial charge in [0.05, 0.1) is 11.4 Å². The lowest BCUT2D eigenvalue weighted by atomic mass is 10.3. The molecule has 31 heavy (non-hydrogen) atoms. The fraction of sp³-hybridized carbons (Fsp3) is 0.176. The summed E-state index contributed by atoms with van der Waals surface area (Å²) < 4.78 is 70.3. The topological polar surface area (TPSA) is 91.2 Å². The number of rotatable bonds is 8. The van der Waals surface area contributed by atoms with Gasteiger partial charge in [0, 0.05) is 5.69 Å². The Morgan fingerprint density at radius 1 is 1.06 bits per heavy atom. The Morgan fingerprint density at radius 3 is 2.32 bits per heavy atom. The molecule has 1 aromatic heterocycles. The highest BCUT2D eigenvalue weighted by Crippen LogP contribution is 2.25. The summed E-state index contributed by atoms with van der Waals surface area (Å²) >= 11 is 0.981. The Hall–Kier alpha value is -3.42. The molecule has 1 N–H and O–H groups in total. The highest BCUT2D eigenvalue weighted by molar-refractivity contribution is 7.99. The zero-order chi connectivity index (χ0) is 22.4. The Labute approximate surface area is 175 Å². The molecule has 0 aliphatic rings. The van der Waals surface area contributed by atoms with Crippen LogP contribution in [0.2, 0.25) is 0 Å². The molecule has 0 fully saturated rings. The third-order valence-electron chi connectivity index (χ3n) is 3.45. The SMILES string of the molecule is O=C(CSc1nnnn1-c1ccc(OC(F)(F)F)cc1)Nc1ccc(OC(F)F)cc1. The van der Waals surface area contributed by atoms with Gasteiger partial charge in [0.1, 0.15) is 11.5 Å². The number of hydrogen-bond acceptors (Lipinski definition) is 7. The molecule has 0 saturated carbocycles. The lowest BCUT2D eigenvalue weighted by Gasteiger charge is -2.10. The predicted octanol–water partition coefficient (Wildman–Crippen LogP) is 3.89. The van der Waals surface area contributed by atoms with Crippen LogP contribution in [0.4, 0.5) is 27.6 Å². The summed E-state index contributed by atoms with van der Waals surface area (Å²) in [5.41, 5.74) is 0.726. The molecule has 1 heterocycles. The second-order valence-corrected chi connectivity index (χ2v) is 6.60. The molecule has 0 aliphatic carbocycles. The van der Waals surface area contributed by atoms with Gasteiger partial charge in [0.2, 0.25) is 11.1 Å². The van der Waals surface area contributed by atoms with Crippen molar-refractivity contribution in [3.63, 3.8) is 0 Å². The van der Waals surface area contributed by atoms with Crippen molar-refractivity contribution >= 4 is 23.4 Å². The van der Waals surface area contributed by atoms with Crippen molar-refractivity contribution in [3.05, 3.63) is 48.5 Å². The number of hydrogen-bond donors (Lipinski definition) is 1. The maximum absolute atomic E-state index is 12.2. The molecule has 8 nitrogen and oxygen atoms in total. The van der Waals surface area contributed by atoms with Gasteiger partial charge >= 0.3 is 13.0 Å².